The van der Waals surface area contributed by atoms with Crippen molar-refractivity contribution in [3.8, 4) is 0 Å². The molecule has 1 heterocycles. The largest absolute Gasteiger partial charge is 0.449 e. The van der Waals surface area contributed by atoms with E-state index in [9.17, 15) is 9.59 Å². The highest BCUT2D eigenvalue weighted by molar-refractivity contribution is 9.10. The van der Waals surface area contributed by atoms with Gasteiger partial charge in [0.15, 0.2) is 6.10 Å². The van der Waals surface area contributed by atoms with Gasteiger partial charge in [-0.3, -0.25) is 9.78 Å². The zero-order valence-corrected chi connectivity index (χ0v) is 14.5. The molecule has 5 nitrogen and oxygen atoms in total. The Morgan fingerprint density at radius 2 is 1.96 bits per heavy atom. The molecular weight excluding hydrogens is 360 g/mol. The molecule has 1 atom stereocenters. The van der Waals surface area contributed by atoms with E-state index in [-0.39, 0.29) is 5.91 Å². The van der Waals surface area contributed by atoms with E-state index in [1.807, 2.05) is 30.3 Å². The molecule has 120 valence electrons. The van der Waals surface area contributed by atoms with Crippen molar-refractivity contribution < 1.29 is 14.3 Å². The van der Waals surface area contributed by atoms with Gasteiger partial charge in [-0.05, 0) is 34.5 Å². The standard InChI is InChI=1S/C17H17BrN2O3/c1-12(23-17(22)14-8-15(18)10-19-9-14)16(21)20(2)11-13-6-4-3-5-7-13/h3-10,12H,11H2,1-2H3/t12-/m0/s1. The fraction of sp³-hybridized carbons (Fsp3) is 0.235. The zero-order chi connectivity index (χ0) is 16.8. The van der Waals surface area contributed by atoms with E-state index in [1.165, 1.54) is 11.1 Å². The van der Waals surface area contributed by atoms with Crippen molar-refractivity contribution in [2.75, 3.05) is 7.05 Å². The Hall–Kier alpha value is -2.21. The average Bonchev–Trinajstić information content (AvgIpc) is 2.54. The number of carbonyl (C=O) groups is 2. The minimum Gasteiger partial charge on any atom is -0.449 e. The summed E-state index contributed by atoms with van der Waals surface area (Å²) < 4.78 is 5.89. The van der Waals surface area contributed by atoms with Crippen molar-refractivity contribution in [3.63, 3.8) is 0 Å². The van der Waals surface area contributed by atoms with Gasteiger partial charge in [-0.2, -0.15) is 0 Å². The summed E-state index contributed by atoms with van der Waals surface area (Å²) in [6.45, 7) is 2.02. The van der Waals surface area contributed by atoms with Crippen LogP contribution in [0.2, 0.25) is 0 Å². The molecule has 0 spiro atoms. The van der Waals surface area contributed by atoms with Crippen LogP contribution in [-0.2, 0) is 16.1 Å². The summed E-state index contributed by atoms with van der Waals surface area (Å²) in [6.07, 6.45) is 2.10. The molecule has 0 saturated carbocycles. The molecule has 0 fully saturated rings. The van der Waals surface area contributed by atoms with E-state index in [2.05, 4.69) is 20.9 Å². The molecule has 6 heteroatoms. The van der Waals surface area contributed by atoms with Crippen molar-refractivity contribution in [1.82, 2.24) is 9.88 Å². The average molecular weight is 377 g/mol. The number of ether oxygens (including phenoxy) is 1. The predicted octanol–water partition coefficient (Wildman–Crippen LogP) is 3.05. The summed E-state index contributed by atoms with van der Waals surface area (Å²) in [4.78, 5) is 29.8. The molecule has 0 aliphatic carbocycles. The molecule has 0 bridgehead atoms. The fourth-order valence-electron chi connectivity index (χ4n) is 2.05. The van der Waals surface area contributed by atoms with Gasteiger partial charge in [0, 0.05) is 30.5 Å². The van der Waals surface area contributed by atoms with Gasteiger partial charge in [-0.15, -0.1) is 0 Å². The maximum atomic E-state index is 12.3. The van der Waals surface area contributed by atoms with E-state index >= 15 is 0 Å². The number of esters is 1. The third kappa shape index (κ3) is 4.89. The van der Waals surface area contributed by atoms with Crippen LogP contribution in [0.5, 0.6) is 0 Å². The van der Waals surface area contributed by atoms with Crippen molar-refractivity contribution in [1.29, 1.82) is 0 Å². The summed E-state index contributed by atoms with van der Waals surface area (Å²) >= 11 is 3.24. The van der Waals surface area contributed by atoms with Crippen molar-refractivity contribution in [2.45, 2.75) is 19.6 Å². The molecular formula is C17H17BrN2O3. The minimum atomic E-state index is -0.866. The Morgan fingerprint density at radius 3 is 2.61 bits per heavy atom. The molecule has 1 aromatic heterocycles. The Labute approximate surface area is 143 Å². The maximum absolute atomic E-state index is 12.3. The van der Waals surface area contributed by atoms with Crippen LogP contribution in [0.15, 0.2) is 53.3 Å². The normalized spacial score (nSPS) is 11.6. The topological polar surface area (TPSA) is 59.5 Å². The number of pyridine rings is 1. The lowest BCUT2D eigenvalue weighted by Crippen LogP contribution is -2.37. The number of carbonyl (C=O) groups excluding carboxylic acids is 2. The lowest BCUT2D eigenvalue weighted by Gasteiger charge is -2.21. The summed E-state index contributed by atoms with van der Waals surface area (Å²) in [5, 5.41) is 0. The molecule has 1 aromatic carbocycles. The quantitative estimate of drug-likeness (QED) is 0.752. The first-order chi connectivity index (χ1) is 11.0. The lowest BCUT2D eigenvalue weighted by molar-refractivity contribution is -0.139. The molecule has 0 N–H and O–H groups in total. The van der Waals surface area contributed by atoms with Gasteiger partial charge in [0.25, 0.3) is 5.91 Å². The molecule has 23 heavy (non-hydrogen) atoms. The Kier molecular flexibility index (Phi) is 5.87. The molecule has 0 aliphatic heterocycles. The number of nitrogens with zero attached hydrogens (tertiary/aromatic N) is 2. The Bertz CT molecular complexity index is 691. The second-order valence-corrected chi connectivity index (χ2v) is 6.03. The molecule has 0 aliphatic rings. The van der Waals surface area contributed by atoms with E-state index in [4.69, 9.17) is 4.74 Å². The number of aromatic nitrogens is 1. The third-order valence-electron chi connectivity index (χ3n) is 3.21. The molecule has 0 radical (unpaired) electrons. The molecule has 2 aromatic rings. The third-order valence-corrected chi connectivity index (χ3v) is 3.64. The lowest BCUT2D eigenvalue weighted by atomic mass is 10.2. The van der Waals surface area contributed by atoms with Gasteiger partial charge in [-0.1, -0.05) is 30.3 Å². The molecule has 0 unspecified atom stereocenters. The number of benzene rings is 1. The summed E-state index contributed by atoms with van der Waals surface area (Å²) in [5.41, 5.74) is 1.31. The van der Waals surface area contributed by atoms with Gasteiger partial charge in [0.05, 0.1) is 5.56 Å². The Balaban J connectivity index is 1.95. The van der Waals surface area contributed by atoms with Crippen LogP contribution in [-0.4, -0.2) is 34.9 Å². The first-order valence-electron chi connectivity index (χ1n) is 7.08. The fourth-order valence-corrected chi connectivity index (χ4v) is 2.41. The van der Waals surface area contributed by atoms with Crippen molar-refractivity contribution >= 4 is 27.8 Å². The van der Waals surface area contributed by atoms with Crippen molar-refractivity contribution in [3.05, 3.63) is 64.4 Å². The van der Waals surface area contributed by atoms with Gasteiger partial charge in [0.2, 0.25) is 0 Å². The highest BCUT2D eigenvalue weighted by Crippen LogP contribution is 2.12. The molecule has 0 saturated heterocycles. The number of halogens is 1. The van der Waals surface area contributed by atoms with E-state index in [1.54, 1.807) is 26.2 Å². The molecule has 2 rings (SSSR count). The zero-order valence-electron chi connectivity index (χ0n) is 12.9. The van der Waals surface area contributed by atoms with Crippen molar-refractivity contribution in [2.24, 2.45) is 0 Å². The van der Waals surface area contributed by atoms with E-state index in [0.717, 1.165) is 5.56 Å². The van der Waals surface area contributed by atoms with Crippen LogP contribution in [0, 0.1) is 0 Å². The van der Waals surface area contributed by atoms with Gasteiger partial charge in [-0.25, -0.2) is 4.79 Å². The van der Waals surface area contributed by atoms with Crippen LogP contribution in [0.25, 0.3) is 0 Å². The maximum Gasteiger partial charge on any atom is 0.340 e. The predicted molar refractivity (Wildman–Crippen MR) is 89.7 cm³/mol. The van der Waals surface area contributed by atoms with Crippen LogP contribution in [0.3, 0.4) is 0 Å². The van der Waals surface area contributed by atoms with Crippen LogP contribution >= 0.6 is 15.9 Å². The first kappa shape index (κ1) is 17.1. The van der Waals surface area contributed by atoms with Crippen LogP contribution < -0.4 is 0 Å². The smallest absolute Gasteiger partial charge is 0.340 e. The second-order valence-electron chi connectivity index (χ2n) is 5.12. The molecule has 1 amide bonds. The van der Waals surface area contributed by atoms with Gasteiger partial charge in [0.1, 0.15) is 0 Å². The van der Waals surface area contributed by atoms with Gasteiger partial charge < -0.3 is 9.64 Å². The number of hydrogen-bond donors (Lipinski definition) is 0. The number of likely N-dealkylation sites (N-methyl/N-ethyl adjacent to an activating group) is 1. The monoisotopic (exact) mass is 376 g/mol. The summed E-state index contributed by atoms with van der Waals surface area (Å²) in [5.74, 6) is -0.835. The summed E-state index contributed by atoms with van der Waals surface area (Å²) in [7, 11) is 1.68. The highest BCUT2D eigenvalue weighted by Gasteiger charge is 2.22. The number of amides is 1. The van der Waals surface area contributed by atoms with E-state index < -0.39 is 12.1 Å². The minimum absolute atomic E-state index is 0.259. The SMILES string of the molecule is C[C@H](OC(=O)c1cncc(Br)c1)C(=O)N(C)Cc1ccccc1. The first-order valence-corrected chi connectivity index (χ1v) is 7.87. The van der Waals surface area contributed by atoms with Gasteiger partial charge >= 0.3 is 5.97 Å². The van der Waals surface area contributed by atoms with Crippen LogP contribution in [0.4, 0.5) is 0 Å². The number of rotatable bonds is 5. The Morgan fingerprint density at radius 1 is 1.26 bits per heavy atom. The summed E-state index contributed by atoms with van der Waals surface area (Å²) in [6, 6.07) is 11.2. The highest BCUT2D eigenvalue weighted by atomic mass is 79.9. The second kappa shape index (κ2) is 7.87. The van der Waals surface area contributed by atoms with Crippen LogP contribution in [0.1, 0.15) is 22.8 Å². The van der Waals surface area contributed by atoms with E-state index in [0.29, 0.717) is 16.6 Å². The number of hydrogen-bond acceptors (Lipinski definition) is 4.